The number of halogens is 3. The lowest BCUT2D eigenvalue weighted by atomic mass is 10.2. The summed E-state index contributed by atoms with van der Waals surface area (Å²) in [5, 5.41) is 3.03. The van der Waals surface area contributed by atoms with E-state index >= 15 is 0 Å². The van der Waals surface area contributed by atoms with Crippen LogP contribution in [0.25, 0.3) is 0 Å². The molecule has 2 heterocycles. The standard InChI is InChI=1S/C13H18F3N3/c1-10(9-19-6-2-3-7-19)18-12-8-11(4-5-17-12)13(14,15)16/h4-5,8,10H,2-3,6-7,9H2,1H3,(H,17,18). The number of likely N-dealkylation sites (tertiary alicyclic amines) is 1. The Morgan fingerprint density at radius 3 is 2.68 bits per heavy atom. The van der Waals surface area contributed by atoms with Crippen molar-refractivity contribution in [1.82, 2.24) is 9.88 Å². The molecule has 0 radical (unpaired) electrons. The molecular formula is C13H18F3N3. The van der Waals surface area contributed by atoms with Gasteiger partial charge in [0.1, 0.15) is 5.82 Å². The van der Waals surface area contributed by atoms with Crippen LogP contribution < -0.4 is 5.32 Å². The quantitative estimate of drug-likeness (QED) is 0.914. The third-order valence-corrected chi connectivity index (χ3v) is 3.21. The van der Waals surface area contributed by atoms with E-state index in [4.69, 9.17) is 0 Å². The highest BCUT2D eigenvalue weighted by molar-refractivity contribution is 5.39. The number of nitrogens with zero attached hydrogens (tertiary/aromatic N) is 2. The van der Waals surface area contributed by atoms with Gasteiger partial charge in [-0.05, 0) is 45.0 Å². The number of aromatic nitrogens is 1. The second kappa shape index (κ2) is 5.77. The van der Waals surface area contributed by atoms with E-state index in [1.807, 2.05) is 6.92 Å². The Bertz CT molecular complexity index is 414. The van der Waals surface area contributed by atoms with Crippen LogP contribution in [0.4, 0.5) is 19.0 Å². The van der Waals surface area contributed by atoms with Crippen LogP contribution in [0.2, 0.25) is 0 Å². The van der Waals surface area contributed by atoms with Crippen molar-refractivity contribution in [1.29, 1.82) is 0 Å². The maximum atomic E-state index is 12.6. The van der Waals surface area contributed by atoms with Crippen molar-refractivity contribution in [2.45, 2.75) is 32.0 Å². The number of anilines is 1. The second-order valence-electron chi connectivity index (χ2n) is 4.98. The smallest absolute Gasteiger partial charge is 0.366 e. The Kier molecular flexibility index (Phi) is 4.29. The SMILES string of the molecule is CC(CN1CCCC1)Nc1cc(C(F)(F)F)ccn1. The molecule has 0 spiro atoms. The molecule has 1 aliphatic heterocycles. The first kappa shape index (κ1) is 14.1. The van der Waals surface area contributed by atoms with E-state index in [2.05, 4.69) is 15.2 Å². The van der Waals surface area contributed by atoms with Gasteiger partial charge >= 0.3 is 6.18 Å². The molecule has 1 atom stereocenters. The van der Waals surface area contributed by atoms with Crippen molar-refractivity contribution in [3.63, 3.8) is 0 Å². The first-order valence-electron chi connectivity index (χ1n) is 6.47. The molecule has 0 bridgehead atoms. The molecule has 0 aromatic carbocycles. The molecule has 0 amide bonds. The van der Waals surface area contributed by atoms with Gasteiger partial charge in [0.05, 0.1) is 5.56 Å². The number of hydrogen-bond acceptors (Lipinski definition) is 3. The van der Waals surface area contributed by atoms with Crippen molar-refractivity contribution >= 4 is 5.82 Å². The summed E-state index contributed by atoms with van der Waals surface area (Å²) in [4.78, 5) is 6.25. The van der Waals surface area contributed by atoms with Gasteiger partial charge in [-0.3, -0.25) is 0 Å². The summed E-state index contributed by atoms with van der Waals surface area (Å²) in [6.07, 6.45) is -0.728. The van der Waals surface area contributed by atoms with Gasteiger partial charge in [-0.2, -0.15) is 13.2 Å². The fourth-order valence-corrected chi connectivity index (χ4v) is 2.34. The van der Waals surface area contributed by atoms with E-state index in [1.54, 1.807) is 0 Å². The van der Waals surface area contributed by atoms with Crippen LogP contribution in [0.3, 0.4) is 0 Å². The summed E-state index contributed by atoms with van der Waals surface area (Å²) in [5.74, 6) is 0.279. The molecule has 1 aliphatic rings. The topological polar surface area (TPSA) is 28.2 Å². The number of rotatable bonds is 4. The molecule has 0 aliphatic carbocycles. The zero-order valence-electron chi connectivity index (χ0n) is 10.9. The van der Waals surface area contributed by atoms with Crippen molar-refractivity contribution < 1.29 is 13.2 Å². The first-order valence-corrected chi connectivity index (χ1v) is 6.47. The molecule has 3 nitrogen and oxygen atoms in total. The predicted molar refractivity (Wildman–Crippen MR) is 68.0 cm³/mol. The van der Waals surface area contributed by atoms with Gasteiger partial charge in [-0.1, -0.05) is 0 Å². The minimum Gasteiger partial charge on any atom is -0.366 e. The van der Waals surface area contributed by atoms with E-state index in [0.717, 1.165) is 31.8 Å². The van der Waals surface area contributed by atoms with Crippen molar-refractivity contribution in [2.24, 2.45) is 0 Å². The first-order chi connectivity index (χ1) is 8.95. The summed E-state index contributed by atoms with van der Waals surface area (Å²) >= 11 is 0. The van der Waals surface area contributed by atoms with Gasteiger partial charge in [0.15, 0.2) is 0 Å². The monoisotopic (exact) mass is 273 g/mol. The number of nitrogens with one attached hydrogen (secondary N) is 1. The average Bonchev–Trinajstić information content (AvgIpc) is 2.80. The third kappa shape index (κ3) is 4.09. The molecule has 106 valence electrons. The Labute approximate surface area is 110 Å². The maximum Gasteiger partial charge on any atom is 0.416 e. The summed E-state index contributed by atoms with van der Waals surface area (Å²) in [6.45, 7) is 4.93. The lowest BCUT2D eigenvalue weighted by Gasteiger charge is -2.21. The number of pyridine rings is 1. The van der Waals surface area contributed by atoms with Gasteiger partial charge in [-0.15, -0.1) is 0 Å². The normalized spacial score (nSPS) is 18.5. The van der Waals surface area contributed by atoms with E-state index in [0.29, 0.717) is 0 Å². The minimum absolute atomic E-state index is 0.0779. The lowest BCUT2D eigenvalue weighted by Crippen LogP contribution is -2.33. The van der Waals surface area contributed by atoms with Gasteiger partial charge in [0, 0.05) is 18.8 Å². The van der Waals surface area contributed by atoms with Crippen LogP contribution in [-0.2, 0) is 6.18 Å². The van der Waals surface area contributed by atoms with Crippen LogP contribution in [0.1, 0.15) is 25.3 Å². The molecule has 1 saturated heterocycles. The molecule has 19 heavy (non-hydrogen) atoms. The zero-order valence-corrected chi connectivity index (χ0v) is 10.9. The van der Waals surface area contributed by atoms with E-state index in [-0.39, 0.29) is 11.9 Å². The average molecular weight is 273 g/mol. The molecule has 2 rings (SSSR count). The lowest BCUT2D eigenvalue weighted by molar-refractivity contribution is -0.137. The second-order valence-corrected chi connectivity index (χ2v) is 4.98. The molecule has 1 aromatic rings. The van der Waals surface area contributed by atoms with Crippen LogP contribution in [-0.4, -0.2) is 35.6 Å². The van der Waals surface area contributed by atoms with E-state index in [9.17, 15) is 13.2 Å². The summed E-state index contributed by atoms with van der Waals surface area (Å²) in [5.41, 5.74) is -0.668. The number of hydrogen-bond donors (Lipinski definition) is 1. The summed E-state index contributed by atoms with van der Waals surface area (Å²) in [7, 11) is 0. The Hall–Kier alpha value is -1.30. The molecule has 0 saturated carbocycles. The summed E-state index contributed by atoms with van der Waals surface area (Å²) < 4.78 is 37.7. The Morgan fingerprint density at radius 1 is 1.37 bits per heavy atom. The molecule has 1 unspecified atom stereocenters. The fraction of sp³-hybridized carbons (Fsp3) is 0.615. The Balaban J connectivity index is 1.94. The van der Waals surface area contributed by atoms with E-state index < -0.39 is 11.7 Å². The van der Waals surface area contributed by atoms with Crippen molar-refractivity contribution in [3.05, 3.63) is 23.9 Å². The van der Waals surface area contributed by atoms with Crippen LogP contribution in [0.15, 0.2) is 18.3 Å². The minimum atomic E-state index is -4.32. The molecule has 1 N–H and O–H groups in total. The van der Waals surface area contributed by atoms with Gasteiger partial charge in [-0.25, -0.2) is 4.98 Å². The Morgan fingerprint density at radius 2 is 2.05 bits per heavy atom. The highest BCUT2D eigenvalue weighted by Gasteiger charge is 2.30. The van der Waals surface area contributed by atoms with Gasteiger partial charge in [0.2, 0.25) is 0 Å². The molecule has 6 heteroatoms. The highest BCUT2D eigenvalue weighted by Crippen LogP contribution is 2.30. The van der Waals surface area contributed by atoms with Crippen molar-refractivity contribution in [2.75, 3.05) is 25.0 Å². The third-order valence-electron chi connectivity index (χ3n) is 3.21. The van der Waals surface area contributed by atoms with Crippen LogP contribution >= 0.6 is 0 Å². The predicted octanol–water partition coefficient (Wildman–Crippen LogP) is 3.00. The fourth-order valence-electron chi connectivity index (χ4n) is 2.34. The molecular weight excluding hydrogens is 255 g/mol. The zero-order chi connectivity index (χ0) is 13.9. The van der Waals surface area contributed by atoms with Crippen LogP contribution in [0, 0.1) is 0 Å². The van der Waals surface area contributed by atoms with E-state index in [1.165, 1.54) is 19.0 Å². The highest BCUT2D eigenvalue weighted by atomic mass is 19.4. The molecule has 1 aromatic heterocycles. The van der Waals surface area contributed by atoms with Crippen molar-refractivity contribution in [3.8, 4) is 0 Å². The largest absolute Gasteiger partial charge is 0.416 e. The van der Waals surface area contributed by atoms with Gasteiger partial charge in [0.25, 0.3) is 0 Å². The number of alkyl halides is 3. The van der Waals surface area contributed by atoms with Gasteiger partial charge < -0.3 is 10.2 Å². The molecule has 1 fully saturated rings. The van der Waals surface area contributed by atoms with Crippen LogP contribution in [0.5, 0.6) is 0 Å². The maximum absolute atomic E-state index is 12.6. The summed E-state index contributed by atoms with van der Waals surface area (Å²) in [6, 6.07) is 2.12.